The van der Waals surface area contributed by atoms with E-state index in [4.69, 9.17) is 0 Å². The molecule has 0 bridgehead atoms. The third-order valence-corrected chi connectivity index (χ3v) is 4.23. The maximum atomic E-state index is 12.7. The molecule has 23 heavy (non-hydrogen) atoms. The quantitative estimate of drug-likeness (QED) is 0.921. The predicted octanol–water partition coefficient (Wildman–Crippen LogP) is 3.34. The molecule has 1 saturated carbocycles. The van der Waals surface area contributed by atoms with Crippen LogP contribution in [-0.4, -0.2) is 25.0 Å². The number of benzene rings is 1. The van der Waals surface area contributed by atoms with Gasteiger partial charge < -0.3 is 10.2 Å². The Balaban J connectivity index is 1.80. The summed E-state index contributed by atoms with van der Waals surface area (Å²) in [6.45, 7) is 1.98. The number of nitrogens with one attached hydrogen (secondary N) is 1. The van der Waals surface area contributed by atoms with E-state index in [1.807, 2.05) is 68.4 Å². The Labute approximate surface area is 137 Å². The van der Waals surface area contributed by atoms with Crippen LogP contribution < -0.4 is 10.2 Å². The van der Waals surface area contributed by atoms with Crippen LogP contribution in [0.4, 0.5) is 5.69 Å². The summed E-state index contributed by atoms with van der Waals surface area (Å²) in [6.07, 6.45) is 2.30. The van der Waals surface area contributed by atoms with Crippen molar-refractivity contribution in [2.75, 3.05) is 19.0 Å². The molecule has 0 unspecified atom stereocenters. The van der Waals surface area contributed by atoms with E-state index in [1.165, 1.54) is 0 Å². The number of carbonyl (C=O) groups is 1. The van der Waals surface area contributed by atoms with Crippen LogP contribution in [0.2, 0.25) is 0 Å². The van der Waals surface area contributed by atoms with Crippen LogP contribution in [0.15, 0.2) is 42.5 Å². The maximum Gasteiger partial charge on any atom is 0.251 e. The molecule has 1 fully saturated rings. The van der Waals surface area contributed by atoms with Crippen molar-refractivity contribution >= 4 is 11.6 Å². The molecule has 1 atom stereocenters. The first-order valence-corrected chi connectivity index (χ1v) is 8.06. The molecule has 1 aliphatic carbocycles. The zero-order valence-corrected chi connectivity index (χ0v) is 13.9. The molecule has 3 rings (SSSR count). The van der Waals surface area contributed by atoms with E-state index in [-0.39, 0.29) is 11.9 Å². The summed E-state index contributed by atoms with van der Waals surface area (Å²) in [4.78, 5) is 19.3. The number of anilines is 1. The number of nitrogens with zero attached hydrogens (tertiary/aromatic N) is 2. The van der Waals surface area contributed by atoms with Crippen molar-refractivity contribution in [2.45, 2.75) is 25.8 Å². The van der Waals surface area contributed by atoms with Crippen molar-refractivity contribution in [1.29, 1.82) is 0 Å². The summed E-state index contributed by atoms with van der Waals surface area (Å²) in [5, 5.41) is 3.18. The lowest BCUT2D eigenvalue weighted by Gasteiger charge is -2.19. The van der Waals surface area contributed by atoms with Gasteiger partial charge in [0.1, 0.15) is 0 Å². The van der Waals surface area contributed by atoms with E-state index in [2.05, 4.69) is 10.3 Å². The van der Waals surface area contributed by atoms with Crippen molar-refractivity contribution < 1.29 is 4.79 Å². The third-order valence-electron chi connectivity index (χ3n) is 4.23. The molecule has 1 aromatic heterocycles. The van der Waals surface area contributed by atoms with Gasteiger partial charge in [0, 0.05) is 31.0 Å². The van der Waals surface area contributed by atoms with Crippen LogP contribution in [-0.2, 0) is 0 Å². The number of hydrogen-bond donors (Lipinski definition) is 1. The number of pyridine rings is 1. The molecule has 120 valence electrons. The Morgan fingerprint density at radius 2 is 1.96 bits per heavy atom. The van der Waals surface area contributed by atoms with Crippen LogP contribution in [0.3, 0.4) is 0 Å². The van der Waals surface area contributed by atoms with E-state index in [0.717, 1.165) is 29.9 Å². The Hall–Kier alpha value is -2.36. The molecule has 0 saturated heterocycles. The first kappa shape index (κ1) is 15.5. The van der Waals surface area contributed by atoms with Gasteiger partial charge in [0.15, 0.2) is 0 Å². The minimum absolute atomic E-state index is 0.00501. The van der Waals surface area contributed by atoms with Crippen LogP contribution in [0, 0.1) is 12.8 Å². The summed E-state index contributed by atoms with van der Waals surface area (Å²) in [7, 11) is 3.95. The monoisotopic (exact) mass is 309 g/mol. The Morgan fingerprint density at radius 1 is 1.22 bits per heavy atom. The summed E-state index contributed by atoms with van der Waals surface area (Å²) in [5.74, 6) is 0.471. The SMILES string of the molecule is Cc1cccc([C@@H](NC(=O)c2cccc(N(C)C)c2)C2CC2)n1. The van der Waals surface area contributed by atoms with Gasteiger partial charge in [-0.3, -0.25) is 9.78 Å². The number of amides is 1. The molecule has 4 heteroatoms. The molecule has 4 nitrogen and oxygen atoms in total. The minimum Gasteiger partial charge on any atom is -0.378 e. The van der Waals surface area contributed by atoms with Crippen molar-refractivity contribution in [3.63, 3.8) is 0 Å². The van der Waals surface area contributed by atoms with E-state index in [1.54, 1.807) is 0 Å². The highest BCUT2D eigenvalue weighted by Crippen LogP contribution is 2.40. The van der Waals surface area contributed by atoms with Crippen LogP contribution in [0.1, 0.15) is 40.6 Å². The molecule has 1 N–H and O–H groups in total. The fraction of sp³-hybridized carbons (Fsp3) is 0.368. The van der Waals surface area contributed by atoms with Crippen molar-refractivity contribution in [2.24, 2.45) is 5.92 Å². The van der Waals surface area contributed by atoms with Crippen molar-refractivity contribution in [3.05, 3.63) is 59.4 Å². The Kier molecular flexibility index (Phi) is 4.33. The summed E-state index contributed by atoms with van der Waals surface area (Å²) < 4.78 is 0. The van der Waals surface area contributed by atoms with E-state index in [9.17, 15) is 4.79 Å². The number of carbonyl (C=O) groups excluding carboxylic acids is 1. The number of rotatable bonds is 5. The predicted molar refractivity (Wildman–Crippen MR) is 92.7 cm³/mol. The second kappa shape index (κ2) is 6.41. The van der Waals surface area contributed by atoms with E-state index in [0.29, 0.717) is 11.5 Å². The second-order valence-electron chi connectivity index (χ2n) is 6.44. The first-order valence-electron chi connectivity index (χ1n) is 8.06. The molecule has 2 aromatic rings. The average molecular weight is 309 g/mol. The number of hydrogen-bond acceptors (Lipinski definition) is 3. The lowest BCUT2D eigenvalue weighted by atomic mass is 10.1. The van der Waals surface area contributed by atoms with Crippen LogP contribution >= 0.6 is 0 Å². The molecule has 0 spiro atoms. The van der Waals surface area contributed by atoms with E-state index < -0.39 is 0 Å². The van der Waals surface area contributed by atoms with Crippen LogP contribution in [0.25, 0.3) is 0 Å². The highest BCUT2D eigenvalue weighted by molar-refractivity contribution is 5.95. The molecular weight excluding hydrogens is 286 g/mol. The van der Waals surface area contributed by atoms with E-state index >= 15 is 0 Å². The highest BCUT2D eigenvalue weighted by Gasteiger charge is 2.34. The summed E-state index contributed by atoms with van der Waals surface area (Å²) in [5.41, 5.74) is 3.66. The normalized spacial score (nSPS) is 15.1. The molecular formula is C19H23N3O. The van der Waals surface area contributed by atoms with Gasteiger partial charge in [0.2, 0.25) is 0 Å². The molecule has 1 aliphatic rings. The molecule has 1 aromatic carbocycles. The number of aryl methyl sites for hydroxylation is 1. The van der Waals surface area contributed by atoms with Gasteiger partial charge in [0.25, 0.3) is 5.91 Å². The molecule has 0 radical (unpaired) electrons. The van der Waals surface area contributed by atoms with Crippen LogP contribution in [0.5, 0.6) is 0 Å². The molecule has 1 heterocycles. The highest BCUT2D eigenvalue weighted by atomic mass is 16.1. The molecule has 0 aliphatic heterocycles. The summed E-state index contributed by atoms with van der Waals surface area (Å²) in [6, 6.07) is 13.7. The van der Waals surface area contributed by atoms with Crippen molar-refractivity contribution in [3.8, 4) is 0 Å². The van der Waals surface area contributed by atoms with Crippen molar-refractivity contribution in [1.82, 2.24) is 10.3 Å². The third kappa shape index (κ3) is 3.70. The first-order chi connectivity index (χ1) is 11.0. The Bertz CT molecular complexity index is 707. The van der Waals surface area contributed by atoms with Gasteiger partial charge in [-0.1, -0.05) is 12.1 Å². The number of aromatic nitrogens is 1. The maximum absolute atomic E-state index is 12.7. The fourth-order valence-electron chi connectivity index (χ4n) is 2.75. The smallest absolute Gasteiger partial charge is 0.251 e. The average Bonchev–Trinajstić information content (AvgIpc) is 3.37. The zero-order chi connectivity index (χ0) is 16.4. The zero-order valence-electron chi connectivity index (χ0n) is 13.9. The minimum atomic E-state index is -0.0334. The Morgan fingerprint density at radius 3 is 2.61 bits per heavy atom. The standard InChI is InChI=1S/C19H23N3O/c1-13-6-4-9-17(20-13)18(14-10-11-14)21-19(23)15-7-5-8-16(12-15)22(2)3/h4-9,12,14,18H,10-11H2,1-3H3,(H,21,23)/t18-/m0/s1. The van der Waals surface area contributed by atoms with Gasteiger partial charge in [-0.2, -0.15) is 0 Å². The summed E-state index contributed by atoms with van der Waals surface area (Å²) >= 11 is 0. The second-order valence-corrected chi connectivity index (χ2v) is 6.44. The fourth-order valence-corrected chi connectivity index (χ4v) is 2.75. The lowest BCUT2D eigenvalue weighted by Crippen LogP contribution is -2.30. The lowest BCUT2D eigenvalue weighted by molar-refractivity contribution is 0.0930. The van der Waals surface area contributed by atoms with Gasteiger partial charge in [-0.25, -0.2) is 0 Å². The molecule has 1 amide bonds. The van der Waals surface area contributed by atoms with Gasteiger partial charge in [-0.05, 0) is 56.0 Å². The topological polar surface area (TPSA) is 45.2 Å². The van der Waals surface area contributed by atoms with Gasteiger partial charge in [0.05, 0.1) is 11.7 Å². The van der Waals surface area contributed by atoms with Gasteiger partial charge >= 0.3 is 0 Å². The van der Waals surface area contributed by atoms with Gasteiger partial charge in [-0.15, -0.1) is 0 Å². The largest absolute Gasteiger partial charge is 0.378 e.